The minimum atomic E-state index is -0.758. The first-order valence-electron chi connectivity index (χ1n) is 23.9. The molecule has 0 heterocycles. The van der Waals surface area contributed by atoms with Gasteiger partial charge in [-0.3, -0.25) is 14.4 Å². The van der Waals surface area contributed by atoms with Gasteiger partial charge in [-0.05, 0) is 25.2 Å². The molecule has 0 unspecified atom stereocenters. The van der Waals surface area contributed by atoms with Crippen molar-refractivity contribution < 1.29 is 28.6 Å². The number of ether oxygens (including phenoxy) is 3. The summed E-state index contributed by atoms with van der Waals surface area (Å²) in [7, 11) is 0. The molecule has 0 aromatic rings. The first-order valence-corrected chi connectivity index (χ1v) is 23.9. The second-order valence-electron chi connectivity index (χ2n) is 16.9. The van der Waals surface area contributed by atoms with Gasteiger partial charge in [0.25, 0.3) is 0 Å². The Morgan fingerprint density at radius 3 is 0.907 bits per heavy atom. The van der Waals surface area contributed by atoms with Gasteiger partial charge in [-0.25, -0.2) is 0 Å². The maximum atomic E-state index is 12.7. The Morgan fingerprint density at radius 1 is 0.352 bits per heavy atom. The predicted molar refractivity (Wildman–Crippen MR) is 229 cm³/mol. The van der Waals surface area contributed by atoms with E-state index in [2.05, 4.69) is 27.7 Å². The molecule has 0 aromatic carbocycles. The molecule has 1 atom stereocenters. The molecule has 0 bridgehead atoms. The molecule has 6 heteroatoms. The minimum Gasteiger partial charge on any atom is -0.462 e. The molecule has 0 aliphatic carbocycles. The molecular weight excluding hydrogens is 673 g/mol. The molecule has 0 N–H and O–H groups in total. The normalized spacial score (nSPS) is 11.9. The predicted octanol–water partition coefficient (Wildman–Crippen LogP) is 15.1. The lowest BCUT2D eigenvalue weighted by molar-refractivity contribution is -0.167. The molecular formula is C48H92O6. The van der Waals surface area contributed by atoms with Crippen LogP contribution < -0.4 is 0 Å². The number of hydrogen-bond donors (Lipinski definition) is 0. The van der Waals surface area contributed by atoms with Crippen LogP contribution in [0.1, 0.15) is 265 Å². The summed E-state index contributed by atoms with van der Waals surface area (Å²) < 4.78 is 16.6. The Morgan fingerprint density at radius 2 is 0.611 bits per heavy atom. The Bertz CT molecular complexity index is 811. The van der Waals surface area contributed by atoms with Crippen LogP contribution in [0.15, 0.2) is 0 Å². The SMILES string of the molecule is CCCCCCCCCCCCCCCCCCCC(=O)OC[C@H](COC(=O)CCCCCCC)OC(=O)CCCCCCCCCCCCCC(C)C. The number of carbonyl (C=O) groups excluding carboxylic acids is 3. The van der Waals surface area contributed by atoms with Crippen molar-refractivity contribution in [2.45, 2.75) is 271 Å². The number of esters is 3. The van der Waals surface area contributed by atoms with Gasteiger partial charge in [0.1, 0.15) is 13.2 Å². The van der Waals surface area contributed by atoms with Crippen LogP contribution in [0.4, 0.5) is 0 Å². The van der Waals surface area contributed by atoms with Crippen molar-refractivity contribution in [3.8, 4) is 0 Å². The first-order chi connectivity index (χ1) is 26.4. The molecule has 0 saturated carbocycles. The Kier molecular flexibility index (Phi) is 41.3. The fourth-order valence-electron chi connectivity index (χ4n) is 7.16. The van der Waals surface area contributed by atoms with Crippen molar-refractivity contribution in [3.63, 3.8) is 0 Å². The van der Waals surface area contributed by atoms with Gasteiger partial charge in [0.2, 0.25) is 0 Å². The van der Waals surface area contributed by atoms with Crippen molar-refractivity contribution in [2.24, 2.45) is 5.92 Å². The van der Waals surface area contributed by atoms with Crippen LogP contribution in [0.2, 0.25) is 0 Å². The highest BCUT2D eigenvalue weighted by Crippen LogP contribution is 2.17. The summed E-state index contributed by atoms with van der Waals surface area (Å²) in [5, 5.41) is 0. The van der Waals surface area contributed by atoms with E-state index >= 15 is 0 Å². The van der Waals surface area contributed by atoms with E-state index in [-0.39, 0.29) is 31.1 Å². The van der Waals surface area contributed by atoms with Crippen LogP contribution >= 0.6 is 0 Å². The largest absolute Gasteiger partial charge is 0.462 e. The molecule has 0 aliphatic heterocycles. The molecule has 0 spiro atoms. The van der Waals surface area contributed by atoms with Crippen LogP contribution in [-0.2, 0) is 28.6 Å². The third-order valence-electron chi connectivity index (χ3n) is 10.8. The van der Waals surface area contributed by atoms with E-state index < -0.39 is 6.10 Å². The van der Waals surface area contributed by atoms with E-state index in [0.29, 0.717) is 19.3 Å². The van der Waals surface area contributed by atoms with Gasteiger partial charge < -0.3 is 14.2 Å². The Balaban J connectivity index is 4.14. The molecule has 320 valence electrons. The summed E-state index contributed by atoms with van der Waals surface area (Å²) in [5.74, 6) is -0.0401. The van der Waals surface area contributed by atoms with E-state index in [1.165, 1.54) is 154 Å². The molecule has 54 heavy (non-hydrogen) atoms. The fourth-order valence-corrected chi connectivity index (χ4v) is 7.16. The quantitative estimate of drug-likeness (QED) is 0.0349. The van der Waals surface area contributed by atoms with Gasteiger partial charge in [0, 0.05) is 19.3 Å². The van der Waals surface area contributed by atoms with Crippen molar-refractivity contribution >= 4 is 17.9 Å². The van der Waals surface area contributed by atoms with E-state index in [1.807, 2.05) is 0 Å². The molecule has 0 fully saturated rings. The molecule has 0 aromatic heterocycles. The summed E-state index contributed by atoms with van der Waals surface area (Å²) in [5.41, 5.74) is 0. The standard InChI is InChI=1S/C48H92O6/c1-5-7-9-11-12-13-14-15-16-17-18-19-22-25-28-32-36-40-47(50)53-43-45(42-52-46(49)39-35-30-10-8-6-2)54-48(51)41-37-33-29-26-23-20-21-24-27-31-34-38-44(3)4/h44-45H,5-43H2,1-4H3/t45-/m0/s1. The van der Waals surface area contributed by atoms with Crippen molar-refractivity contribution in [1.29, 1.82) is 0 Å². The van der Waals surface area contributed by atoms with Crippen LogP contribution in [-0.4, -0.2) is 37.2 Å². The third-order valence-corrected chi connectivity index (χ3v) is 10.8. The number of rotatable bonds is 43. The topological polar surface area (TPSA) is 78.9 Å². The minimum absolute atomic E-state index is 0.0644. The zero-order chi connectivity index (χ0) is 39.6. The molecule has 0 rings (SSSR count). The van der Waals surface area contributed by atoms with Gasteiger partial charge in [0.15, 0.2) is 6.10 Å². The van der Waals surface area contributed by atoms with Crippen molar-refractivity contribution in [3.05, 3.63) is 0 Å². The average Bonchev–Trinajstić information content (AvgIpc) is 3.15. The Labute approximate surface area is 336 Å². The molecule has 0 radical (unpaired) electrons. The highest BCUT2D eigenvalue weighted by Gasteiger charge is 2.19. The lowest BCUT2D eigenvalue weighted by Crippen LogP contribution is -2.30. The van der Waals surface area contributed by atoms with Crippen LogP contribution in [0.5, 0.6) is 0 Å². The first kappa shape index (κ1) is 52.4. The second kappa shape index (κ2) is 42.6. The molecule has 0 saturated heterocycles. The van der Waals surface area contributed by atoms with Crippen LogP contribution in [0.3, 0.4) is 0 Å². The van der Waals surface area contributed by atoms with Crippen LogP contribution in [0, 0.1) is 5.92 Å². The second-order valence-corrected chi connectivity index (χ2v) is 16.9. The summed E-state index contributed by atoms with van der Waals surface area (Å²) in [4.78, 5) is 37.5. The number of unbranched alkanes of at least 4 members (excludes halogenated alkanes) is 30. The average molecular weight is 765 g/mol. The maximum Gasteiger partial charge on any atom is 0.306 e. The number of hydrogen-bond acceptors (Lipinski definition) is 6. The van der Waals surface area contributed by atoms with Gasteiger partial charge in [-0.1, -0.05) is 227 Å². The van der Waals surface area contributed by atoms with Crippen molar-refractivity contribution in [2.75, 3.05) is 13.2 Å². The molecule has 6 nitrogen and oxygen atoms in total. The lowest BCUT2D eigenvalue weighted by atomic mass is 10.0. The van der Waals surface area contributed by atoms with Gasteiger partial charge in [-0.2, -0.15) is 0 Å². The van der Waals surface area contributed by atoms with Gasteiger partial charge in [0.05, 0.1) is 0 Å². The maximum absolute atomic E-state index is 12.7. The highest BCUT2D eigenvalue weighted by atomic mass is 16.6. The number of carbonyl (C=O) groups is 3. The molecule has 0 aliphatic rings. The summed E-state index contributed by atoms with van der Waals surface area (Å²) >= 11 is 0. The third kappa shape index (κ3) is 41.6. The van der Waals surface area contributed by atoms with E-state index in [9.17, 15) is 14.4 Å². The zero-order valence-electron chi connectivity index (χ0n) is 36.7. The van der Waals surface area contributed by atoms with Gasteiger partial charge >= 0.3 is 17.9 Å². The Hall–Kier alpha value is -1.59. The highest BCUT2D eigenvalue weighted by molar-refractivity contribution is 5.71. The van der Waals surface area contributed by atoms with E-state index in [1.54, 1.807) is 0 Å². The smallest absolute Gasteiger partial charge is 0.306 e. The monoisotopic (exact) mass is 765 g/mol. The van der Waals surface area contributed by atoms with Crippen LogP contribution in [0.25, 0.3) is 0 Å². The molecule has 0 amide bonds. The summed E-state index contributed by atoms with van der Waals surface area (Å²) in [6.07, 6.45) is 42.6. The van der Waals surface area contributed by atoms with Crippen molar-refractivity contribution in [1.82, 2.24) is 0 Å². The lowest BCUT2D eigenvalue weighted by Gasteiger charge is -2.18. The van der Waals surface area contributed by atoms with Gasteiger partial charge in [-0.15, -0.1) is 0 Å². The summed E-state index contributed by atoms with van der Waals surface area (Å²) in [6.45, 7) is 8.93. The fraction of sp³-hybridized carbons (Fsp3) is 0.938. The van der Waals surface area contributed by atoms with E-state index in [4.69, 9.17) is 14.2 Å². The summed E-state index contributed by atoms with van der Waals surface area (Å²) in [6, 6.07) is 0. The zero-order valence-corrected chi connectivity index (χ0v) is 36.7. The van der Waals surface area contributed by atoms with E-state index in [0.717, 1.165) is 70.1 Å².